The Labute approximate surface area is 183 Å². The molecule has 0 amide bonds. The van der Waals surface area contributed by atoms with Crippen molar-refractivity contribution in [2.75, 3.05) is 6.61 Å². The maximum Gasteiger partial charge on any atom is 0.330 e. The summed E-state index contributed by atoms with van der Waals surface area (Å²) in [4.78, 5) is 11.7. The number of fused-ring (bicyclic) bond motifs is 1. The Morgan fingerprint density at radius 3 is 2.40 bits per heavy atom. The van der Waals surface area contributed by atoms with Crippen molar-refractivity contribution in [2.24, 2.45) is 0 Å². The van der Waals surface area contributed by atoms with Gasteiger partial charge in [-0.25, -0.2) is 4.79 Å². The molecular weight excluding hydrogens is 368 g/mol. The first-order valence-electron chi connectivity index (χ1n) is 11.5. The molecule has 0 atom stereocenters. The van der Waals surface area contributed by atoms with Gasteiger partial charge in [0.05, 0.1) is 6.61 Å². The summed E-state index contributed by atoms with van der Waals surface area (Å²) >= 11 is 0. The molecular formula is C28H38O2. The van der Waals surface area contributed by atoms with Crippen molar-refractivity contribution >= 4 is 11.5 Å². The first kappa shape index (κ1) is 22.6. The highest BCUT2D eigenvalue weighted by Crippen LogP contribution is 2.47. The molecule has 2 heteroatoms. The molecule has 3 rings (SSSR count). The fourth-order valence-corrected chi connectivity index (χ4v) is 4.87. The molecule has 0 aliphatic heterocycles. The van der Waals surface area contributed by atoms with E-state index in [2.05, 4.69) is 58.0 Å². The van der Waals surface area contributed by atoms with Gasteiger partial charge in [0.2, 0.25) is 0 Å². The van der Waals surface area contributed by atoms with E-state index in [1.165, 1.54) is 53.5 Å². The average Bonchev–Trinajstić information content (AvgIpc) is 2.70. The smallest absolute Gasteiger partial charge is 0.330 e. The van der Waals surface area contributed by atoms with Crippen LogP contribution in [0.1, 0.15) is 96.8 Å². The summed E-state index contributed by atoms with van der Waals surface area (Å²) in [6.07, 6.45) is 13.0. The fourth-order valence-electron chi connectivity index (χ4n) is 4.87. The van der Waals surface area contributed by atoms with Crippen molar-refractivity contribution in [1.82, 2.24) is 0 Å². The number of carbonyl (C=O) groups is 1. The van der Waals surface area contributed by atoms with Gasteiger partial charge in [-0.2, -0.15) is 0 Å². The molecule has 0 fully saturated rings. The first-order valence-corrected chi connectivity index (χ1v) is 11.5. The maximum absolute atomic E-state index is 11.7. The number of hydrogen-bond donors (Lipinski definition) is 0. The predicted molar refractivity (Wildman–Crippen MR) is 127 cm³/mol. The number of benzene rings is 1. The Hall–Kier alpha value is -2.09. The monoisotopic (exact) mass is 406 g/mol. The zero-order valence-electron chi connectivity index (χ0n) is 19.7. The summed E-state index contributed by atoms with van der Waals surface area (Å²) in [6, 6.07) is 7.21. The van der Waals surface area contributed by atoms with E-state index in [0.717, 1.165) is 18.4 Å². The number of rotatable bonds is 5. The highest BCUT2D eigenvalue weighted by molar-refractivity contribution is 5.83. The minimum atomic E-state index is -0.267. The number of esters is 1. The maximum atomic E-state index is 11.7. The van der Waals surface area contributed by atoms with Crippen LogP contribution in [0.4, 0.5) is 0 Å². The molecule has 162 valence electrons. The summed E-state index contributed by atoms with van der Waals surface area (Å²) in [5.74, 6) is -0.267. The molecule has 2 nitrogen and oxygen atoms in total. The molecule has 2 aliphatic carbocycles. The van der Waals surface area contributed by atoms with Gasteiger partial charge in [-0.3, -0.25) is 0 Å². The van der Waals surface area contributed by atoms with E-state index < -0.39 is 0 Å². The van der Waals surface area contributed by atoms with E-state index in [1.54, 1.807) is 6.08 Å². The molecule has 0 bridgehead atoms. The molecule has 0 saturated heterocycles. The predicted octanol–water partition coefficient (Wildman–Crippen LogP) is 7.43. The van der Waals surface area contributed by atoms with Gasteiger partial charge in [0.1, 0.15) is 0 Å². The lowest BCUT2D eigenvalue weighted by molar-refractivity contribution is -0.137. The van der Waals surface area contributed by atoms with E-state index in [4.69, 9.17) is 4.74 Å². The lowest BCUT2D eigenvalue weighted by atomic mass is 9.62. The van der Waals surface area contributed by atoms with Gasteiger partial charge in [0, 0.05) is 6.08 Å². The lowest BCUT2D eigenvalue weighted by Crippen LogP contribution is -2.33. The highest BCUT2D eigenvalue weighted by atomic mass is 16.5. The summed E-state index contributed by atoms with van der Waals surface area (Å²) in [5, 5.41) is 0. The van der Waals surface area contributed by atoms with Gasteiger partial charge in [-0.15, -0.1) is 0 Å². The highest BCUT2D eigenvalue weighted by Gasteiger charge is 2.37. The van der Waals surface area contributed by atoms with E-state index in [1.807, 2.05) is 13.8 Å². The molecule has 0 spiro atoms. The number of hydrogen-bond acceptors (Lipinski definition) is 2. The summed E-state index contributed by atoms with van der Waals surface area (Å²) in [6.45, 7) is 13.7. The van der Waals surface area contributed by atoms with Crippen LogP contribution in [0.5, 0.6) is 0 Å². The Bertz CT molecular complexity index is 893. The van der Waals surface area contributed by atoms with Crippen molar-refractivity contribution in [1.29, 1.82) is 0 Å². The topological polar surface area (TPSA) is 26.3 Å². The van der Waals surface area contributed by atoms with E-state index in [9.17, 15) is 4.79 Å². The van der Waals surface area contributed by atoms with Crippen molar-refractivity contribution in [3.63, 3.8) is 0 Å². The van der Waals surface area contributed by atoms with Crippen LogP contribution in [0.25, 0.3) is 5.57 Å². The molecule has 30 heavy (non-hydrogen) atoms. The molecule has 0 unspecified atom stereocenters. The SMILES string of the molecule is CCOC(=O)/C=C(C)/C=C\C1=C(c2ccc3c(c2)C(C)(C)CCC3(C)C)CCCC1. The molecule has 0 N–H and O–H groups in total. The van der Waals surface area contributed by atoms with Gasteiger partial charge in [-0.1, -0.05) is 58.0 Å². The van der Waals surface area contributed by atoms with Gasteiger partial charge in [0.25, 0.3) is 0 Å². The van der Waals surface area contributed by atoms with Crippen LogP contribution < -0.4 is 0 Å². The normalized spacial score (nSPS) is 20.9. The van der Waals surface area contributed by atoms with E-state index in [-0.39, 0.29) is 16.8 Å². The fraction of sp³-hybridized carbons (Fsp3) is 0.536. The van der Waals surface area contributed by atoms with Crippen molar-refractivity contribution < 1.29 is 9.53 Å². The zero-order chi connectivity index (χ0) is 21.9. The van der Waals surface area contributed by atoms with Crippen LogP contribution in [-0.4, -0.2) is 12.6 Å². The second-order valence-electron chi connectivity index (χ2n) is 10.2. The van der Waals surface area contributed by atoms with Crippen molar-refractivity contribution in [3.8, 4) is 0 Å². The van der Waals surface area contributed by atoms with Crippen LogP contribution in [0.3, 0.4) is 0 Å². The average molecular weight is 407 g/mol. The number of allylic oxidation sites excluding steroid dienone is 5. The van der Waals surface area contributed by atoms with Crippen LogP contribution in [0.2, 0.25) is 0 Å². The molecule has 0 heterocycles. The number of carbonyl (C=O) groups excluding carboxylic acids is 1. The molecule has 0 aromatic heterocycles. The van der Waals surface area contributed by atoms with Gasteiger partial charge in [-0.05, 0) is 96.6 Å². The first-order chi connectivity index (χ1) is 14.1. The molecule has 1 aromatic rings. The van der Waals surface area contributed by atoms with Crippen molar-refractivity contribution in [3.05, 3.63) is 64.3 Å². The molecule has 1 aromatic carbocycles. The second-order valence-corrected chi connectivity index (χ2v) is 10.2. The largest absolute Gasteiger partial charge is 0.463 e. The molecule has 0 radical (unpaired) electrons. The standard InChI is InChI=1S/C28H38O2/c1-7-30-26(29)18-20(2)12-13-21-10-8-9-11-23(21)22-14-15-24-25(19-22)28(5,6)17-16-27(24,3)4/h12-15,18-19H,7-11,16-17H2,1-6H3/b13-12-,20-18+. The van der Waals surface area contributed by atoms with E-state index >= 15 is 0 Å². The minimum Gasteiger partial charge on any atom is -0.463 e. The third-order valence-electron chi connectivity index (χ3n) is 6.89. The Kier molecular flexibility index (Phi) is 6.75. The molecule has 2 aliphatic rings. The Balaban J connectivity index is 1.97. The zero-order valence-corrected chi connectivity index (χ0v) is 19.7. The second kappa shape index (κ2) is 8.96. The van der Waals surface area contributed by atoms with Gasteiger partial charge < -0.3 is 4.74 Å². The quantitative estimate of drug-likeness (QED) is 0.289. The van der Waals surface area contributed by atoms with Crippen LogP contribution >= 0.6 is 0 Å². The Morgan fingerprint density at radius 2 is 1.70 bits per heavy atom. The van der Waals surface area contributed by atoms with Gasteiger partial charge >= 0.3 is 5.97 Å². The third-order valence-corrected chi connectivity index (χ3v) is 6.89. The molecule has 0 saturated carbocycles. The summed E-state index contributed by atoms with van der Waals surface area (Å²) in [5.41, 5.74) is 8.71. The lowest BCUT2D eigenvalue weighted by Gasteiger charge is -2.42. The Morgan fingerprint density at radius 1 is 1.03 bits per heavy atom. The van der Waals surface area contributed by atoms with Crippen molar-refractivity contribution in [2.45, 2.75) is 90.9 Å². The van der Waals surface area contributed by atoms with Gasteiger partial charge in [0.15, 0.2) is 0 Å². The van der Waals surface area contributed by atoms with Crippen LogP contribution in [0.15, 0.2) is 47.6 Å². The minimum absolute atomic E-state index is 0.227. The van der Waals surface area contributed by atoms with E-state index in [0.29, 0.717) is 6.61 Å². The number of ether oxygens (including phenoxy) is 1. The third kappa shape index (κ3) is 4.96. The van der Waals surface area contributed by atoms with Crippen LogP contribution in [0, 0.1) is 0 Å². The van der Waals surface area contributed by atoms with Crippen LogP contribution in [-0.2, 0) is 20.4 Å². The summed E-state index contributed by atoms with van der Waals surface area (Å²) < 4.78 is 5.02. The summed E-state index contributed by atoms with van der Waals surface area (Å²) in [7, 11) is 0.